The maximum absolute atomic E-state index is 5.21. The van der Waals surface area contributed by atoms with Gasteiger partial charge in [0.25, 0.3) is 0 Å². The second-order valence-electron chi connectivity index (χ2n) is 3.00. The van der Waals surface area contributed by atoms with E-state index in [4.69, 9.17) is 18.1 Å². The third-order valence-corrected chi connectivity index (χ3v) is 2.72. The highest BCUT2D eigenvalue weighted by atomic mass is 32.1. The van der Waals surface area contributed by atoms with Crippen molar-refractivity contribution in [2.24, 2.45) is 5.84 Å². The van der Waals surface area contributed by atoms with E-state index in [1.807, 2.05) is 7.05 Å². The van der Waals surface area contributed by atoms with E-state index in [1.54, 1.807) is 0 Å². The monoisotopic (exact) mass is 173 g/mol. The second-order valence-corrected chi connectivity index (χ2v) is 3.39. The van der Waals surface area contributed by atoms with Crippen molar-refractivity contribution < 1.29 is 0 Å². The summed E-state index contributed by atoms with van der Waals surface area (Å²) >= 11 is 5.00. The maximum Gasteiger partial charge on any atom is 0.183 e. The summed E-state index contributed by atoms with van der Waals surface area (Å²) in [6, 6.07) is 0.610. The van der Waals surface area contributed by atoms with E-state index < -0.39 is 0 Å². The van der Waals surface area contributed by atoms with Crippen LogP contribution in [0.1, 0.15) is 25.7 Å². The minimum Gasteiger partial charge on any atom is -0.348 e. The molecule has 1 rings (SSSR count). The van der Waals surface area contributed by atoms with Crippen molar-refractivity contribution in [3.8, 4) is 0 Å². The van der Waals surface area contributed by atoms with Crippen LogP contribution in [0.15, 0.2) is 0 Å². The number of hydrogen-bond acceptors (Lipinski definition) is 2. The Morgan fingerprint density at radius 1 is 1.55 bits per heavy atom. The zero-order valence-electron chi connectivity index (χ0n) is 6.84. The fourth-order valence-electron chi connectivity index (χ4n) is 1.56. The van der Waals surface area contributed by atoms with Crippen LogP contribution in [0.25, 0.3) is 0 Å². The molecule has 64 valence electrons. The number of rotatable bonds is 1. The average Bonchev–Trinajstić information content (AvgIpc) is 2.53. The molecule has 0 aromatic heterocycles. The summed E-state index contributed by atoms with van der Waals surface area (Å²) in [5.41, 5.74) is 2.50. The van der Waals surface area contributed by atoms with Crippen molar-refractivity contribution in [2.45, 2.75) is 31.7 Å². The van der Waals surface area contributed by atoms with Gasteiger partial charge in [0.15, 0.2) is 5.11 Å². The van der Waals surface area contributed by atoms with Gasteiger partial charge in [0, 0.05) is 13.1 Å². The number of nitrogens with two attached hydrogens (primary N) is 1. The molecular weight excluding hydrogens is 158 g/mol. The van der Waals surface area contributed by atoms with Crippen LogP contribution >= 0.6 is 12.2 Å². The van der Waals surface area contributed by atoms with Gasteiger partial charge in [0.05, 0.1) is 0 Å². The largest absolute Gasteiger partial charge is 0.348 e. The molecular formula is C7H15N3S. The standard InChI is InChI=1S/C7H15N3S/c1-10(7(11)9-8)6-4-2-3-5-6/h6H,2-5,8H2,1H3,(H,9,11). The summed E-state index contributed by atoms with van der Waals surface area (Å²) in [4.78, 5) is 2.06. The van der Waals surface area contributed by atoms with Gasteiger partial charge in [-0.25, -0.2) is 5.84 Å². The normalized spacial score (nSPS) is 18.4. The van der Waals surface area contributed by atoms with Gasteiger partial charge >= 0.3 is 0 Å². The summed E-state index contributed by atoms with van der Waals surface area (Å²) in [6.07, 6.45) is 5.14. The number of hydrazine groups is 1. The minimum absolute atomic E-state index is 0.610. The molecule has 0 bridgehead atoms. The topological polar surface area (TPSA) is 41.3 Å². The van der Waals surface area contributed by atoms with E-state index in [2.05, 4.69) is 10.3 Å². The molecule has 0 unspecified atom stereocenters. The van der Waals surface area contributed by atoms with Gasteiger partial charge in [0.1, 0.15) is 0 Å². The van der Waals surface area contributed by atoms with E-state index in [-0.39, 0.29) is 0 Å². The number of thiocarbonyl (C=S) groups is 1. The fourth-order valence-corrected chi connectivity index (χ4v) is 1.71. The van der Waals surface area contributed by atoms with Gasteiger partial charge in [-0.05, 0) is 25.1 Å². The summed E-state index contributed by atoms with van der Waals surface area (Å²) < 4.78 is 0. The Morgan fingerprint density at radius 2 is 2.09 bits per heavy atom. The Morgan fingerprint density at radius 3 is 2.55 bits per heavy atom. The Balaban J connectivity index is 2.39. The molecule has 0 heterocycles. The van der Waals surface area contributed by atoms with Crippen LogP contribution in [0.3, 0.4) is 0 Å². The lowest BCUT2D eigenvalue weighted by Gasteiger charge is -2.25. The summed E-state index contributed by atoms with van der Waals surface area (Å²) in [5.74, 6) is 5.21. The number of nitrogens with zero attached hydrogens (tertiary/aromatic N) is 1. The molecule has 0 saturated heterocycles. The zero-order chi connectivity index (χ0) is 8.27. The molecule has 0 aliphatic heterocycles. The quantitative estimate of drug-likeness (QED) is 0.346. The van der Waals surface area contributed by atoms with Crippen LogP contribution in [-0.4, -0.2) is 23.1 Å². The van der Waals surface area contributed by atoms with E-state index >= 15 is 0 Å². The van der Waals surface area contributed by atoms with E-state index in [9.17, 15) is 0 Å². The molecule has 3 nitrogen and oxygen atoms in total. The lowest BCUT2D eigenvalue weighted by Crippen LogP contribution is -2.45. The van der Waals surface area contributed by atoms with Crippen LogP contribution in [0.5, 0.6) is 0 Å². The molecule has 0 amide bonds. The lowest BCUT2D eigenvalue weighted by molar-refractivity contribution is 0.367. The molecule has 1 aliphatic carbocycles. The minimum atomic E-state index is 0.610. The van der Waals surface area contributed by atoms with Crippen molar-refractivity contribution in [3.05, 3.63) is 0 Å². The van der Waals surface area contributed by atoms with E-state index in [1.165, 1.54) is 25.7 Å². The van der Waals surface area contributed by atoms with Crippen molar-refractivity contribution in [3.63, 3.8) is 0 Å². The number of hydrogen-bond donors (Lipinski definition) is 2. The van der Waals surface area contributed by atoms with Gasteiger partial charge in [-0.3, -0.25) is 0 Å². The first kappa shape index (κ1) is 8.74. The molecule has 11 heavy (non-hydrogen) atoms. The highest BCUT2D eigenvalue weighted by Crippen LogP contribution is 2.22. The lowest BCUT2D eigenvalue weighted by atomic mass is 10.2. The molecule has 1 aliphatic rings. The molecule has 0 atom stereocenters. The highest BCUT2D eigenvalue weighted by molar-refractivity contribution is 7.80. The Bertz CT molecular complexity index is 143. The third kappa shape index (κ3) is 2.04. The molecule has 1 saturated carbocycles. The zero-order valence-corrected chi connectivity index (χ0v) is 7.66. The first-order valence-electron chi connectivity index (χ1n) is 3.99. The number of nitrogens with one attached hydrogen (secondary N) is 1. The smallest absolute Gasteiger partial charge is 0.183 e. The maximum atomic E-state index is 5.21. The van der Waals surface area contributed by atoms with Gasteiger partial charge in [-0.2, -0.15) is 0 Å². The van der Waals surface area contributed by atoms with Crippen molar-refractivity contribution in [1.82, 2.24) is 10.3 Å². The first-order chi connectivity index (χ1) is 5.25. The molecule has 0 aromatic rings. The van der Waals surface area contributed by atoms with Gasteiger partial charge < -0.3 is 10.3 Å². The summed E-state index contributed by atoms with van der Waals surface area (Å²) in [6.45, 7) is 0. The molecule has 0 radical (unpaired) electrons. The van der Waals surface area contributed by atoms with Crippen LogP contribution in [0.2, 0.25) is 0 Å². The highest BCUT2D eigenvalue weighted by Gasteiger charge is 2.20. The molecule has 3 N–H and O–H groups in total. The van der Waals surface area contributed by atoms with Gasteiger partial charge in [-0.1, -0.05) is 12.8 Å². The van der Waals surface area contributed by atoms with Crippen molar-refractivity contribution in [2.75, 3.05) is 7.05 Å². The third-order valence-electron chi connectivity index (χ3n) is 2.32. The van der Waals surface area contributed by atoms with E-state index in [0.29, 0.717) is 11.2 Å². The Hall–Kier alpha value is -0.350. The van der Waals surface area contributed by atoms with Crippen molar-refractivity contribution in [1.29, 1.82) is 0 Å². The summed E-state index contributed by atoms with van der Waals surface area (Å²) in [7, 11) is 2.00. The van der Waals surface area contributed by atoms with Gasteiger partial charge in [-0.15, -0.1) is 0 Å². The van der Waals surface area contributed by atoms with Crippen LogP contribution in [-0.2, 0) is 0 Å². The Kier molecular flexibility index (Phi) is 3.08. The second kappa shape index (κ2) is 3.88. The SMILES string of the molecule is CN(C(=S)NN)C1CCCC1. The van der Waals surface area contributed by atoms with Crippen LogP contribution in [0.4, 0.5) is 0 Å². The summed E-state index contributed by atoms with van der Waals surface area (Å²) in [5, 5.41) is 0.650. The van der Waals surface area contributed by atoms with Gasteiger partial charge in [0.2, 0.25) is 0 Å². The van der Waals surface area contributed by atoms with E-state index in [0.717, 1.165) is 0 Å². The van der Waals surface area contributed by atoms with Crippen molar-refractivity contribution >= 4 is 17.3 Å². The van der Waals surface area contributed by atoms with Crippen LogP contribution < -0.4 is 11.3 Å². The fraction of sp³-hybridized carbons (Fsp3) is 0.857. The van der Waals surface area contributed by atoms with Crippen LogP contribution in [0, 0.1) is 0 Å². The molecule has 1 fully saturated rings. The predicted octanol–water partition coefficient (Wildman–Crippen LogP) is 0.609. The first-order valence-corrected chi connectivity index (χ1v) is 4.40. The predicted molar refractivity (Wildman–Crippen MR) is 49.9 cm³/mol. The Labute approximate surface area is 72.9 Å². The molecule has 0 aromatic carbocycles. The molecule has 0 spiro atoms. The molecule has 4 heteroatoms. The average molecular weight is 173 g/mol.